The molecule has 0 fully saturated rings. The number of aromatic nitrogens is 2. The van der Waals surface area contributed by atoms with Crippen LogP contribution in [0.2, 0.25) is 0 Å². The third-order valence-electron chi connectivity index (χ3n) is 4.94. The van der Waals surface area contributed by atoms with Crippen molar-refractivity contribution in [1.29, 1.82) is 0 Å². The van der Waals surface area contributed by atoms with E-state index in [0.717, 1.165) is 10.0 Å². The lowest BCUT2D eigenvalue weighted by molar-refractivity contribution is 0.0680. The molecule has 7 heteroatoms. The summed E-state index contributed by atoms with van der Waals surface area (Å²) in [7, 11) is 0. The highest BCUT2D eigenvalue weighted by molar-refractivity contribution is 9.10. The number of rotatable bonds is 6. The SMILES string of the molecule is CCCN(C(=O)c1nn(-c2ccccc2F)c(C)cc1=O)C(C)c1ccccc1Br. The lowest BCUT2D eigenvalue weighted by atomic mass is 10.1. The molecule has 156 valence electrons. The largest absolute Gasteiger partial charge is 0.330 e. The molecular weight excluding hydrogens is 449 g/mol. The van der Waals surface area contributed by atoms with Gasteiger partial charge in [0, 0.05) is 22.8 Å². The van der Waals surface area contributed by atoms with Crippen LogP contribution in [-0.2, 0) is 0 Å². The van der Waals surface area contributed by atoms with Crippen molar-refractivity contribution in [1.82, 2.24) is 14.7 Å². The van der Waals surface area contributed by atoms with Gasteiger partial charge in [-0.1, -0.05) is 53.2 Å². The van der Waals surface area contributed by atoms with Gasteiger partial charge in [0.05, 0.1) is 6.04 Å². The van der Waals surface area contributed by atoms with E-state index < -0.39 is 17.2 Å². The molecule has 30 heavy (non-hydrogen) atoms. The Bertz CT molecular complexity index is 1130. The van der Waals surface area contributed by atoms with Crippen LogP contribution in [0.4, 0.5) is 4.39 Å². The van der Waals surface area contributed by atoms with Crippen molar-refractivity contribution in [2.45, 2.75) is 33.2 Å². The number of aryl methyl sites for hydroxylation is 1. The summed E-state index contributed by atoms with van der Waals surface area (Å²) in [5.74, 6) is -0.961. The van der Waals surface area contributed by atoms with Crippen LogP contribution in [0.1, 0.15) is 48.1 Å². The number of nitrogens with zero attached hydrogens (tertiary/aromatic N) is 3. The minimum atomic E-state index is -0.484. The summed E-state index contributed by atoms with van der Waals surface area (Å²) in [5.41, 5.74) is 0.857. The van der Waals surface area contributed by atoms with E-state index in [-0.39, 0.29) is 17.4 Å². The van der Waals surface area contributed by atoms with Gasteiger partial charge in [-0.05, 0) is 44.0 Å². The van der Waals surface area contributed by atoms with E-state index in [2.05, 4.69) is 21.0 Å². The van der Waals surface area contributed by atoms with Gasteiger partial charge in [0.2, 0.25) is 5.43 Å². The van der Waals surface area contributed by atoms with Crippen molar-refractivity contribution in [3.63, 3.8) is 0 Å². The topological polar surface area (TPSA) is 55.2 Å². The summed E-state index contributed by atoms with van der Waals surface area (Å²) in [6.45, 7) is 5.99. The monoisotopic (exact) mass is 471 g/mol. The molecule has 0 bridgehead atoms. The Morgan fingerprint density at radius 1 is 1.20 bits per heavy atom. The predicted octanol–water partition coefficient (Wildman–Crippen LogP) is 5.06. The summed E-state index contributed by atoms with van der Waals surface area (Å²) in [5, 5.41) is 4.27. The third kappa shape index (κ3) is 4.36. The van der Waals surface area contributed by atoms with Crippen LogP contribution in [0.15, 0.2) is 63.9 Å². The number of halogens is 2. The molecule has 0 aliphatic rings. The Kier molecular flexibility index (Phi) is 6.82. The molecule has 1 amide bonds. The van der Waals surface area contributed by atoms with Gasteiger partial charge in [-0.25, -0.2) is 9.07 Å². The Hall–Kier alpha value is -2.80. The zero-order valence-corrected chi connectivity index (χ0v) is 18.7. The first kappa shape index (κ1) is 21.9. The van der Waals surface area contributed by atoms with E-state index in [9.17, 15) is 14.0 Å². The number of benzene rings is 2. The standard InChI is InChI=1S/C23H23BrFN3O2/c1-4-13-27(16(3)17-9-5-6-10-18(17)24)23(30)22-21(29)14-15(2)28(26-22)20-12-8-7-11-19(20)25/h5-12,14,16H,4,13H2,1-3H3. The van der Waals surface area contributed by atoms with Crippen LogP contribution in [0.3, 0.4) is 0 Å². The summed E-state index contributed by atoms with van der Waals surface area (Å²) in [4.78, 5) is 27.7. The highest BCUT2D eigenvalue weighted by Gasteiger charge is 2.27. The van der Waals surface area contributed by atoms with Gasteiger partial charge in [0.1, 0.15) is 11.5 Å². The average molecular weight is 472 g/mol. The van der Waals surface area contributed by atoms with Crippen LogP contribution in [0.25, 0.3) is 5.69 Å². The average Bonchev–Trinajstić information content (AvgIpc) is 2.72. The molecule has 1 heterocycles. The predicted molar refractivity (Wildman–Crippen MR) is 118 cm³/mol. The van der Waals surface area contributed by atoms with Crippen LogP contribution >= 0.6 is 15.9 Å². The highest BCUT2D eigenvalue weighted by Crippen LogP contribution is 2.28. The molecule has 5 nitrogen and oxygen atoms in total. The summed E-state index contributed by atoms with van der Waals surface area (Å²) in [6, 6.07) is 14.8. The Morgan fingerprint density at radius 2 is 1.87 bits per heavy atom. The number of amides is 1. The number of carbonyl (C=O) groups is 1. The first-order valence-corrected chi connectivity index (χ1v) is 10.6. The van der Waals surface area contributed by atoms with Crippen molar-refractivity contribution in [3.05, 3.63) is 92.1 Å². The molecule has 1 unspecified atom stereocenters. The summed E-state index contributed by atoms with van der Waals surface area (Å²) < 4.78 is 16.5. The number of hydrogen-bond acceptors (Lipinski definition) is 3. The molecule has 0 aliphatic heterocycles. The molecule has 0 saturated carbocycles. The highest BCUT2D eigenvalue weighted by atomic mass is 79.9. The van der Waals surface area contributed by atoms with Crippen molar-refractivity contribution in [2.75, 3.05) is 6.54 Å². The van der Waals surface area contributed by atoms with Crippen LogP contribution in [0.5, 0.6) is 0 Å². The zero-order valence-electron chi connectivity index (χ0n) is 17.1. The maximum absolute atomic E-state index is 14.3. The van der Waals surface area contributed by atoms with Gasteiger partial charge in [-0.3, -0.25) is 9.59 Å². The molecule has 0 aliphatic carbocycles. The smallest absolute Gasteiger partial charge is 0.278 e. The van der Waals surface area contributed by atoms with Gasteiger partial charge in [-0.15, -0.1) is 0 Å². The molecule has 0 N–H and O–H groups in total. The van der Waals surface area contributed by atoms with Gasteiger partial charge in [-0.2, -0.15) is 5.10 Å². The fraction of sp³-hybridized carbons (Fsp3) is 0.261. The first-order chi connectivity index (χ1) is 14.3. The van der Waals surface area contributed by atoms with Crippen molar-refractivity contribution in [2.24, 2.45) is 0 Å². The van der Waals surface area contributed by atoms with Crippen molar-refractivity contribution in [3.8, 4) is 5.69 Å². The van der Waals surface area contributed by atoms with E-state index in [0.29, 0.717) is 18.7 Å². The van der Waals surface area contributed by atoms with Crippen molar-refractivity contribution < 1.29 is 9.18 Å². The van der Waals surface area contributed by atoms with E-state index in [1.807, 2.05) is 38.1 Å². The zero-order chi connectivity index (χ0) is 21.8. The third-order valence-corrected chi connectivity index (χ3v) is 5.66. The van der Waals surface area contributed by atoms with E-state index >= 15 is 0 Å². The molecule has 0 radical (unpaired) electrons. The summed E-state index contributed by atoms with van der Waals surface area (Å²) >= 11 is 3.53. The van der Waals surface area contributed by atoms with E-state index in [1.165, 1.54) is 16.8 Å². The Balaban J connectivity index is 2.08. The van der Waals surface area contributed by atoms with Gasteiger partial charge in [0.15, 0.2) is 5.69 Å². The molecule has 3 aromatic rings. The number of para-hydroxylation sites is 1. The maximum Gasteiger partial charge on any atom is 0.278 e. The van der Waals surface area contributed by atoms with Gasteiger partial charge in [0.25, 0.3) is 5.91 Å². The Morgan fingerprint density at radius 3 is 2.53 bits per heavy atom. The molecule has 1 atom stereocenters. The molecule has 2 aromatic carbocycles. The van der Waals surface area contributed by atoms with E-state index in [1.54, 1.807) is 30.0 Å². The Labute approximate surface area is 183 Å². The quantitative estimate of drug-likeness (QED) is 0.504. The summed E-state index contributed by atoms with van der Waals surface area (Å²) in [6.07, 6.45) is 0.716. The normalized spacial score (nSPS) is 11.9. The second kappa shape index (κ2) is 9.34. The van der Waals surface area contributed by atoms with Gasteiger partial charge >= 0.3 is 0 Å². The van der Waals surface area contributed by atoms with Crippen LogP contribution in [0, 0.1) is 12.7 Å². The molecule has 0 spiro atoms. The van der Waals surface area contributed by atoms with Crippen molar-refractivity contribution >= 4 is 21.8 Å². The molecule has 3 rings (SSSR count). The minimum Gasteiger partial charge on any atom is -0.330 e. The first-order valence-electron chi connectivity index (χ1n) is 9.76. The van der Waals surface area contributed by atoms with Gasteiger partial charge < -0.3 is 4.90 Å². The lowest BCUT2D eigenvalue weighted by Crippen LogP contribution is -2.38. The molecule has 1 aromatic heterocycles. The van der Waals surface area contributed by atoms with E-state index in [4.69, 9.17) is 0 Å². The number of carbonyl (C=O) groups excluding carboxylic acids is 1. The fourth-order valence-electron chi connectivity index (χ4n) is 3.39. The number of hydrogen-bond donors (Lipinski definition) is 0. The maximum atomic E-state index is 14.3. The lowest BCUT2D eigenvalue weighted by Gasteiger charge is -2.29. The minimum absolute atomic E-state index is 0.185. The molecule has 0 saturated heterocycles. The van der Waals surface area contributed by atoms with Crippen LogP contribution in [-0.4, -0.2) is 27.1 Å². The fourth-order valence-corrected chi connectivity index (χ4v) is 4.01. The second-order valence-electron chi connectivity index (χ2n) is 7.06. The molecular formula is C23H23BrFN3O2. The second-order valence-corrected chi connectivity index (χ2v) is 7.91. The van der Waals surface area contributed by atoms with Crippen LogP contribution < -0.4 is 5.43 Å².